The van der Waals surface area contributed by atoms with Crippen LogP contribution in [0.2, 0.25) is 0 Å². The van der Waals surface area contributed by atoms with E-state index in [1.165, 1.54) is 14.2 Å². The normalized spacial score (nSPS) is 11.9. The molecule has 34 heavy (non-hydrogen) atoms. The zero-order valence-corrected chi connectivity index (χ0v) is 19.8. The van der Waals surface area contributed by atoms with E-state index in [0.29, 0.717) is 22.9 Å². The number of methoxy groups -OCH3 is 2. The minimum absolute atomic E-state index is 0.0874. The number of anilines is 2. The largest absolute Gasteiger partial charge is 0.494 e. The number of hydrogen-bond donors (Lipinski definition) is 3. The Balaban J connectivity index is 2.18. The van der Waals surface area contributed by atoms with Crippen molar-refractivity contribution in [1.29, 1.82) is 0 Å². The minimum Gasteiger partial charge on any atom is -0.494 e. The first-order valence-corrected chi connectivity index (χ1v) is 11.3. The summed E-state index contributed by atoms with van der Waals surface area (Å²) in [7, 11) is -1.78. The predicted octanol–water partition coefficient (Wildman–Crippen LogP) is 5.56. The highest BCUT2D eigenvalue weighted by molar-refractivity contribution is 7.86. The maximum Gasteiger partial charge on any atom is 0.296 e. The maximum atomic E-state index is 12.0. The molecule has 0 aliphatic carbocycles. The van der Waals surface area contributed by atoms with Crippen LogP contribution in [-0.2, 0) is 10.1 Å². The van der Waals surface area contributed by atoms with Gasteiger partial charge in [0, 0.05) is 0 Å². The van der Waals surface area contributed by atoms with E-state index < -0.39 is 15.0 Å². The molecule has 0 unspecified atom stereocenters. The number of nitrogens with zero attached hydrogens (tertiary/aromatic N) is 4. The van der Waals surface area contributed by atoms with Crippen molar-refractivity contribution in [2.75, 3.05) is 25.7 Å². The summed E-state index contributed by atoms with van der Waals surface area (Å²) in [6.45, 7) is 3.72. The van der Waals surface area contributed by atoms with Gasteiger partial charge in [0.15, 0.2) is 0 Å². The molecule has 0 amide bonds. The molecule has 0 atom stereocenters. The number of nitrogen functional groups attached to an aromatic ring is 2. The molecule has 0 bridgehead atoms. The van der Waals surface area contributed by atoms with E-state index >= 15 is 0 Å². The summed E-state index contributed by atoms with van der Waals surface area (Å²) in [4.78, 5) is -0.628. The van der Waals surface area contributed by atoms with Gasteiger partial charge in [-0.2, -0.15) is 8.42 Å². The second-order valence-corrected chi connectivity index (χ2v) is 8.69. The third-order valence-electron chi connectivity index (χ3n) is 4.79. The van der Waals surface area contributed by atoms with Gasteiger partial charge in [0.05, 0.1) is 25.6 Å². The Labute approximate surface area is 196 Å². The van der Waals surface area contributed by atoms with Crippen LogP contribution >= 0.6 is 0 Å². The fourth-order valence-electron chi connectivity index (χ4n) is 3.03. The zero-order valence-electron chi connectivity index (χ0n) is 19.0. The van der Waals surface area contributed by atoms with Crippen LogP contribution in [-0.4, -0.2) is 27.2 Å². The van der Waals surface area contributed by atoms with Gasteiger partial charge in [-0.3, -0.25) is 4.55 Å². The predicted molar refractivity (Wildman–Crippen MR) is 129 cm³/mol. The average molecular weight is 485 g/mol. The Morgan fingerprint density at radius 3 is 1.68 bits per heavy atom. The Morgan fingerprint density at radius 1 is 0.735 bits per heavy atom. The first-order chi connectivity index (χ1) is 16.0. The summed E-state index contributed by atoms with van der Waals surface area (Å²) in [5, 5.41) is 16.4. The van der Waals surface area contributed by atoms with Crippen LogP contribution in [0, 0.1) is 13.8 Å². The van der Waals surface area contributed by atoms with Gasteiger partial charge in [-0.05, 0) is 55.3 Å². The third kappa shape index (κ3) is 5.30. The standard InChI is InChI=1S/C22H24N6O5S/c1-12-5-7-17(32-3)14(9-12)25-27-16-11-19(34(29,30)31)21(24)22(20(16)23)28-26-15-10-13(2)6-8-18(15)33-4/h5-11H,23-24H2,1-4H3,(H,29,30,31). The third-order valence-corrected chi connectivity index (χ3v) is 5.68. The molecule has 12 heteroatoms. The molecule has 5 N–H and O–H groups in total. The first kappa shape index (κ1) is 24.6. The quantitative estimate of drug-likeness (QED) is 0.223. The van der Waals surface area contributed by atoms with E-state index in [1.807, 2.05) is 26.0 Å². The SMILES string of the molecule is COc1ccc(C)cc1N=Nc1cc(S(=O)(=O)O)c(N)c(N=Nc2cc(C)ccc2OC)c1N. The number of hydrogen-bond acceptors (Lipinski definition) is 10. The molecule has 0 fully saturated rings. The lowest BCUT2D eigenvalue weighted by Gasteiger charge is -2.11. The smallest absolute Gasteiger partial charge is 0.296 e. The lowest BCUT2D eigenvalue weighted by atomic mass is 10.2. The van der Waals surface area contributed by atoms with Gasteiger partial charge in [-0.15, -0.1) is 20.5 Å². The molecule has 11 nitrogen and oxygen atoms in total. The summed E-state index contributed by atoms with van der Waals surface area (Å²) < 4.78 is 44.1. The molecular formula is C22H24N6O5S. The summed E-state index contributed by atoms with van der Waals surface area (Å²) in [5.74, 6) is 0.883. The van der Waals surface area contributed by atoms with E-state index in [0.717, 1.165) is 17.2 Å². The highest BCUT2D eigenvalue weighted by atomic mass is 32.2. The van der Waals surface area contributed by atoms with Crippen LogP contribution in [0.3, 0.4) is 0 Å². The van der Waals surface area contributed by atoms with Crippen LogP contribution in [0.1, 0.15) is 11.1 Å². The molecule has 0 aromatic heterocycles. The molecular weight excluding hydrogens is 460 g/mol. The van der Waals surface area contributed by atoms with Crippen molar-refractivity contribution < 1.29 is 22.4 Å². The van der Waals surface area contributed by atoms with Crippen LogP contribution in [0.5, 0.6) is 11.5 Å². The molecule has 178 valence electrons. The Kier molecular flexibility index (Phi) is 7.13. The molecule has 0 aliphatic rings. The number of azo groups is 2. The van der Waals surface area contributed by atoms with Gasteiger partial charge in [-0.1, -0.05) is 12.1 Å². The van der Waals surface area contributed by atoms with Crippen LogP contribution in [0.4, 0.5) is 34.1 Å². The zero-order chi connectivity index (χ0) is 25.0. The molecule has 0 saturated heterocycles. The van der Waals surface area contributed by atoms with E-state index in [1.54, 1.807) is 24.3 Å². The van der Waals surface area contributed by atoms with E-state index in [9.17, 15) is 13.0 Å². The fourth-order valence-corrected chi connectivity index (χ4v) is 3.67. The van der Waals surface area contributed by atoms with E-state index in [-0.39, 0.29) is 22.7 Å². The maximum absolute atomic E-state index is 12.0. The van der Waals surface area contributed by atoms with Gasteiger partial charge in [0.1, 0.15) is 39.1 Å². The molecule has 0 saturated carbocycles. The summed E-state index contributed by atoms with van der Waals surface area (Å²) in [5.41, 5.74) is 14.0. The monoisotopic (exact) mass is 484 g/mol. The van der Waals surface area contributed by atoms with Crippen molar-refractivity contribution in [3.63, 3.8) is 0 Å². The molecule has 3 rings (SSSR count). The first-order valence-electron chi connectivity index (χ1n) is 9.87. The van der Waals surface area contributed by atoms with Crippen molar-refractivity contribution in [2.24, 2.45) is 20.5 Å². The topological polar surface area (TPSA) is 174 Å². The van der Waals surface area contributed by atoms with Crippen LogP contribution in [0.25, 0.3) is 0 Å². The van der Waals surface area contributed by atoms with Crippen LogP contribution in [0.15, 0.2) is 67.8 Å². The van der Waals surface area contributed by atoms with E-state index in [4.69, 9.17) is 20.9 Å². The summed E-state index contributed by atoms with van der Waals surface area (Å²) >= 11 is 0. The lowest BCUT2D eigenvalue weighted by molar-refractivity contribution is 0.415. The highest BCUT2D eigenvalue weighted by Gasteiger charge is 2.22. The highest BCUT2D eigenvalue weighted by Crippen LogP contribution is 2.44. The van der Waals surface area contributed by atoms with Gasteiger partial charge in [0.2, 0.25) is 0 Å². The molecule has 3 aromatic rings. The van der Waals surface area contributed by atoms with Crippen molar-refractivity contribution in [1.82, 2.24) is 0 Å². The molecule has 0 spiro atoms. The van der Waals surface area contributed by atoms with Gasteiger partial charge in [0.25, 0.3) is 10.1 Å². The van der Waals surface area contributed by atoms with E-state index in [2.05, 4.69) is 20.5 Å². The van der Waals surface area contributed by atoms with Gasteiger partial charge in [-0.25, -0.2) is 0 Å². The van der Waals surface area contributed by atoms with Crippen molar-refractivity contribution >= 4 is 44.2 Å². The fraction of sp³-hybridized carbons (Fsp3) is 0.182. The minimum atomic E-state index is -4.73. The Morgan fingerprint density at radius 2 is 1.21 bits per heavy atom. The molecule has 3 aromatic carbocycles. The number of benzene rings is 3. The van der Waals surface area contributed by atoms with Crippen molar-refractivity contribution in [3.8, 4) is 11.5 Å². The molecule has 0 aliphatic heterocycles. The van der Waals surface area contributed by atoms with Crippen molar-refractivity contribution in [2.45, 2.75) is 18.7 Å². The van der Waals surface area contributed by atoms with Gasteiger partial charge < -0.3 is 20.9 Å². The Bertz CT molecular complexity index is 1400. The van der Waals surface area contributed by atoms with Crippen molar-refractivity contribution in [3.05, 3.63) is 53.6 Å². The second kappa shape index (κ2) is 9.85. The molecule has 0 radical (unpaired) electrons. The van der Waals surface area contributed by atoms with Gasteiger partial charge >= 0.3 is 0 Å². The molecule has 0 heterocycles. The van der Waals surface area contributed by atoms with Crippen LogP contribution < -0.4 is 20.9 Å². The Hall–Kier alpha value is -4.03. The lowest BCUT2D eigenvalue weighted by Crippen LogP contribution is -2.05. The summed E-state index contributed by atoms with van der Waals surface area (Å²) in [6, 6.07) is 11.5. The number of nitrogens with two attached hydrogens (primary N) is 2. The average Bonchev–Trinajstić information content (AvgIpc) is 2.78. The number of aryl methyl sites for hydroxylation is 2. The number of rotatable bonds is 7. The second-order valence-electron chi connectivity index (χ2n) is 7.30. The number of ether oxygens (including phenoxy) is 2. The summed E-state index contributed by atoms with van der Waals surface area (Å²) in [6.07, 6.45) is 0.